The number of nitrogens with one attached hydrogen (secondary N) is 10. The van der Waals surface area contributed by atoms with Crippen LogP contribution in [0.4, 0.5) is 4.39 Å². The van der Waals surface area contributed by atoms with Crippen molar-refractivity contribution in [1.29, 1.82) is 0 Å². The smallest absolute Gasteiger partial charge is 0.246 e. The topological polar surface area (TPSA) is 408 Å². The number of para-hydroxylation sites is 1. The molecule has 7 rings (SSSR count). The summed E-state index contributed by atoms with van der Waals surface area (Å²) in [6, 6.07) is 5.08. The molecule has 0 bridgehead atoms. The van der Waals surface area contributed by atoms with E-state index in [4.69, 9.17) is 11.5 Å². The lowest BCUT2D eigenvalue weighted by Crippen LogP contribution is -2.65. The van der Waals surface area contributed by atoms with Gasteiger partial charge in [0.2, 0.25) is 70.9 Å². The summed E-state index contributed by atoms with van der Waals surface area (Å²) >= 11 is 0. The van der Waals surface area contributed by atoms with E-state index in [1.165, 1.54) is 67.0 Å². The molecule has 496 valence electrons. The summed E-state index contributed by atoms with van der Waals surface area (Å²) < 4.78 is 14.2. The second kappa shape index (κ2) is 32.0. The highest BCUT2D eigenvalue weighted by molar-refractivity contribution is 6.01. The highest BCUT2D eigenvalue weighted by atomic mass is 19.1. The highest BCUT2D eigenvalue weighted by Gasteiger charge is 2.43. The van der Waals surface area contributed by atoms with Gasteiger partial charge in [0.25, 0.3) is 0 Å². The Morgan fingerprint density at radius 2 is 1.45 bits per heavy atom. The Balaban J connectivity index is 1.27. The van der Waals surface area contributed by atoms with Crippen molar-refractivity contribution < 1.29 is 67.0 Å². The number of carbonyl (C=O) groups excluding carboxylic acids is 12. The van der Waals surface area contributed by atoms with Crippen molar-refractivity contribution in [1.82, 2.24) is 62.6 Å². The third kappa shape index (κ3) is 18.8. The van der Waals surface area contributed by atoms with Crippen LogP contribution < -0.4 is 59.3 Å². The molecule has 28 heteroatoms. The molecule has 0 radical (unpaired) electrons. The lowest BCUT2D eigenvalue weighted by atomic mass is 9.90. The molecule has 92 heavy (non-hydrogen) atoms. The molecule has 0 spiro atoms. The number of benzene rings is 3. The van der Waals surface area contributed by atoms with Crippen LogP contribution in [-0.2, 0) is 76.8 Å². The highest BCUT2D eigenvalue weighted by Crippen LogP contribution is 2.24. The number of aromatic hydroxyl groups is 1. The van der Waals surface area contributed by atoms with Crippen molar-refractivity contribution in [2.75, 3.05) is 26.2 Å². The maximum absolute atomic E-state index is 15.3. The van der Waals surface area contributed by atoms with Crippen molar-refractivity contribution in [2.24, 2.45) is 17.4 Å². The Morgan fingerprint density at radius 1 is 0.772 bits per heavy atom. The summed E-state index contributed by atoms with van der Waals surface area (Å²) in [7, 11) is 0. The molecule has 12 amide bonds. The number of nitrogens with two attached hydrogens (primary N) is 2. The van der Waals surface area contributed by atoms with Crippen LogP contribution >= 0.6 is 0 Å². The van der Waals surface area contributed by atoms with E-state index in [-0.39, 0.29) is 75.6 Å². The largest absolute Gasteiger partial charge is 0.508 e. The van der Waals surface area contributed by atoms with Crippen LogP contribution in [0.5, 0.6) is 5.75 Å². The van der Waals surface area contributed by atoms with Crippen molar-refractivity contribution in [2.45, 2.75) is 172 Å². The average molecular weight is 1280 g/mol. The molecule has 3 aromatic carbocycles. The van der Waals surface area contributed by atoms with Crippen molar-refractivity contribution in [3.05, 3.63) is 102 Å². The second-order valence-corrected chi connectivity index (χ2v) is 24.5. The molecule has 0 saturated carbocycles. The Kier molecular flexibility index (Phi) is 24.4. The molecule has 0 aliphatic carbocycles. The number of aromatic nitrogens is 1. The van der Waals surface area contributed by atoms with Gasteiger partial charge in [-0.3, -0.25) is 57.5 Å². The van der Waals surface area contributed by atoms with E-state index in [9.17, 15) is 57.4 Å². The molecule has 15 N–H and O–H groups in total. The molecule has 3 fully saturated rings. The van der Waals surface area contributed by atoms with Crippen LogP contribution in [0.25, 0.3) is 10.9 Å². The molecule has 3 aliphatic heterocycles. The number of H-pyrrole nitrogens is 1. The molecule has 3 aliphatic rings. The van der Waals surface area contributed by atoms with Crippen LogP contribution in [0.2, 0.25) is 0 Å². The summed E-state index contributed by atoms with van der Waals surface area (Å²) in [6.45, 7) is 7.54. The average Bonchev–Trinajstić information content (AvgIpc) is 1.43. The monoisotopic (exact) mass is 1280 g/mol. The molecule has 27 nitrogen and oxygen atoms in total. The number of rotatable bonds is 19. The maximum Gasteiger partial charge on any atom is 0.246 e. The molecular formula is C64H85FN14O13. The third-order valence-electron chi connectivity index (χ3n) is 16.7. The number of phenols is 1. The Morgan fingerprint density at radius 3 is 2.13 bits per heavy atom. The van der Waals surface area contributed by atoms with Crippen LogP contribution in [0, 0.1) is 11.7 Å². The summed E-state index contributed by atoms with van der Waals surface area (Å²) in [5, 5.41) is 34.7. The first-order valence-electron chi connectivity index (χ1n) is 31.1. The predicted molar refractivity (Wildman–Crippen MR) is 334 cm³/mol. The second-order valence-electron chi connectivity index (χ2n) is 24.5. The van der Waals surface area contributed by atoms with E-state index in [0.29, 0.717) is 59.8 Å². The van der Waals surface area contributed by atoms with Gasteiger partial charge in [-0.05, 0) is 125 Å². The number of aromatic amines is 1. The first-order valence-corrected chi connectivity index (χ1v) is 31.1. The molecule has 4 heterocycles. The fourth-order valence-corrected chi connectivity index (χ4v) is 11.7. The number of amides is 12. The zero-order chi connectivity index (χ0) is 67.0. The van der Waals surface area contributed by atoms with Gasteiger partial charge in [0, 0.05) is 62.9 Å². The minimum absolute atomic E-state index is 0.0701. The lowest BCUT2D eigenvalue weighted by Gasteiger charge is -2.33. The zero-order valence-electron chi connectivity index (χ0n) is 52.4. The molecule has 10 atom stereocenters. The van der Waals surface area contributed by atoms with Gasteiger partial charge in [0.15, 0.2) is 0 Å². The summed E-state index contributed by atoms with van der Waals surface area (Å²) in [4.78, 5) is 177. The number of unbranched alkanes of at least 4 members (excludes halogenated alkanes) is 1. The molecule has 4 aromatic rings. The van der Waals surface area contributed by atoms with Gasteiger partial charge in [-0.15, -0.1) is 0 Å². The number of fused-ring (bicyclic) bond motifs is 2. The van der Waals surface area contributed by atoms with E-state index in [1.54, 1.807) is 44.3 Å². The Labute approximate surface area is 532 Å². The van der Waals surface area contributed by atoms with Crippen LogP contribution in [-0.4, -0.2) is 177 Å². The van der Waals surface area contributed by atoms with E-state index in [2.05, 4.69) is 52.8 Å². The summed E-state index contributed by atoms with van der Waals surface area (Å²) in [5.41, 5.74) is 11.4. The van der Waals surface area contributed by atoms with Gasteiger partial charge in [-0.25, -0.2) is 4.39 Å². The van der Waals surface area contributed by atoms with Gasteiger partial charge in [0.05, 0.1) is 6.42 Å². The Bertz CT molecular complexity index is 3360. The van der Waals surface area contributed by atoms with Gasteiger partial charge in [-0.1, -0.05) is 56.3 Å². The van der Waals surface area contributed by atoms with E-state index < -0.39 is 144 Å². The van der Waals surface area contributed by atoms with Gasteiger partial charge >= 0.3 is 0 Å². The quantitative estimate of drug-likeness (QED) is 0.0528. The number of nitrogens with zero attached hydrogens (tertiary/aromatic N) is 2. The molecule has 1 unspecified atom stereocenters. The van der Waals surface area contributed by atoms with E-state index in [0.717, 1.165) is 12.1 Å². The fraction of sp³-hybridized carbons (Fsp3) is 0.500. The number of halogens is 1. The number of likely N-dealkylation sites (tertiary alicyclic amines) is 1. The Hall–Kier alpha value is -9.47. The summed E-state index contributed by atoms with van der Waals surface area (Å²) in [6.07, 6.45) is 2.11. The lowest BCUT2D eigenvalue weighted by molar-refractivity contribution is -0.142. The number of hydrogen-bond acceptors (Lipinski definition) is 14. The van der Waals surface area contributed by atoms with E-state index in [1.807, 2.05) is 0 Å². The standard InChI is InChI=1S/C64H85FN14O13/c1-35(2)28-46-56(85)71-45(14-8-9-25-66)62(91)79-27-11-16-52(79)61(90)76-50(54(67)83)34-69-53(82)31-49(59(88)77-64(5,32-39-19-23-42(81)24-20-39)63(92)70-36(3)55(84)72-46)74-58(87)48(30-40-33-68-44-13-7-6-12-43(40)44)73-57(86)47(29-38-17-21-41(65)22-18-38)75-60(89)51-15-10-26-78(51)37(4)80/h6-7,12-13,17-24,33,35-36,45-52,68,81H,8-11,14-16,25-32,34,66H2,1-5H3,(H2,67,83)(H,69,82)(H,70,92)(H,71,85)(H,72,84)(H,73,86)(H,74,87)(H,75,89)(H,76,90)(H,77,88)/t36-,45-,46+,47-,48-,49+,50?,51-,52+,64+/m0/s1. The SMILES string of the molecule is CC(=O)N1CCC[C@H]1C(=O)N[C@@H](Cc1ccc(F)cc1)C(=O)N[C@@H](Cc1c[nH]c2ccccc12)C(=O)N[C@@H]1CC(=O)NCC(C(N)=O)NC(=O)[C@H]2CCCN2C(=O)[C@H](CCCCN)NC(=O)[C@@H](CC(C)C)NC(=O)[C@H](C)NC(=O)[C@@](C)(Cc2ccc(O)cc2)NC1=O. The number of primary amides is 1. The summed E-state index contributed by atoms with van der Waals surface area (Å²) in [5.74, 6) is -11.2. The van der Waals surface area contributed by atoms with Crippen LogP contribution in [0.1, 0.15) is 109 Å². The molecular weight excluding hydrogens is 1190 g/mol. The first kappa shape index (κ1) is 70.0. The van der Waals surface area contributed by atoms with Crippen molar-refractivity contribution in [3.8, 4) is 5.75 Å². The third-order valence-corrected chi connectivity index (χ3v) is 16.7. The fourth-order valence-electron chi connectivity index (χ4n) is 11.7. The molecule has 3 saturated heterocycles. The van der Waals surface area contributed by atoms with Crippen LogP contribution in [0.3, 0.4) is 0 Å². The maximum atomic E-state index is 15.3. The minimum atomic E-state index is -2.10. The zero-order valence-corrected chi connectivity index (χ0v) is 52.4. The van der Waals surface area contributed by atoms with Crippen molar-refractivity contribution in [3.63, 3.8) is 0 Å². The molecule has 1 aromatic heterocycles. The van der Waals surface area contributed by atoms with Crippen LogP contribution in [0.15, 0.2) is 79.0 Å². The predicted octanol–water partition coefficient (Wildman–Crippen LogP) is -0.489. The van der Waals surface area contributed by atoms with Gasteiger partial charge in [-0.2, -0.15) is 0 Å². The van der Waals surface area contributed by atoms with Gasteiger partial charge < -0.3 is 79.2 Å². The number of hydrogen-bond donors (Lipinski definition) is 13. The van der Waals surface area contributed by atoms with Crippen molar-refractivity contribution >= 4 is 81.8 Å². The first-order chi connectivity index (χ1) is 43.7. The number of phenolic OH excluding ortho intramolecular Hbond substituents is 1. The number of carbonyl (C=O) groups is 12. The van der Waals surface area contributed by atoms with Gasteiger partial charge in [0.1, 0.15) is 71.5 Å². The normalized spacial score (nSPS) is 23.8. The minimum Gasteiger partial charge on any atom is -0.508 e. The van der Waals surface area contributed by atoms with E-state index >= 15 is 9.59 Å².